The van der Waals surface area contributed by atoms with Gasteiger partial charge in [0.15, 0.2) is 17.5 Å². The first-order valence-corrected chi connectivity index (χ1v) is 15.4. The average molecular weight is 497 g/mol. The van der Waals surface area contributed by atoms with Crippen LogP contribution in [0, 0.1) is 0 Å². The van der Waals surface area contributed by atoms with Crippen molar-refractivity contribution in [3.05, 3.63) is 60.2 Å². The number of aromatic nitrogens is 6. The number of ether oxygens (including phenoxy) is 3. The van der Waals surface area contributed by atoms with Gasteiger partial charge in [0.05, 0.1) is 12.5 Å². The summed E-state index contributed by atoms with van der Waals surface area (Å²) < 4.78 is 20.6. The van der Waals surface area contributed by atoms with Gasteiger partial charge in [0, 0.05) is 33.0 Å². The van der Waals surface area contributed by atoms with Crippen molar-refractivity contribution in [2.24, 2.45) is 0 Å². The minimum absolute atomic E-state index is 0.291. The largest absolute Gasteiger partial charge is 0.471 e. The normalized spacial score (nSPS) is 12.8. The van der Waals surface area contributed by atoms with Gasteiger partial charge in [0.2, 0.25) is 5.88 Å². The summed E-state index contributed by atoms with van der Waals surface area (Å²) in [5.41, 5.74) is 2.63. The molecule has 0 aliphatic rings. The minimum atomic E-state index is -1.19. The van der Waals surface area contributed by atoms with E-state index in [-0.39, 0.29) is 0 Å². The molecule has 0 bridgehead atoms. The number of rotatable bonds is 12. The molecular weight excluding hydrogens is 464 g/mol. The number of nitrogens with zero attached hydrogens (tertiary/aromatic N) is 6. The maximum Gasteiger partial charge on any atom is 0.255 e. The van der Waals surface area contributed by atoms with E-state index >= 15 is 0 Å². The first-order chi connectivity index (χ1) is 16.8. The molecular formula is C24H32N6O4Si. The zero-order valence-corrected chi connectivity index (χ0v) is 21.6. The number of aliphatic hydroxyl groups is 1. The summed E-state index contributed by atoms with van der Waals surface area (Å²) in [6, 6.07) is 10.9. The van der Waals surface area contributed by atoms with E-state index < -0.39 is 14.4 Å². The highest BCUT2D eigenvalue weighted by atomic mass is 28.3. The van der Waals surface area contributed by atoms with Gasteiger partial charge < -0.3 is 19.3 Å². The molecule has 10 nitrogen and oxygen atoms in total. The average Bonchev–Trinajstić information content (AvgIpc) is 3.48. The summed E-state index contributed by atoms with van der Waals surface area (Å²) >= 11 is 0. The molecule has 1 unspecified atom stereocenters. The molecule has 0 amide bonds. The first-order valence-electron chi connectivity index (χ1n) is 11.7. The highest BCUT2D eigenvalue weighted by Crippen LogP contribution is 2.24. The number of fused-ring (bicyclic) bond motifs is 1. The predicted molar refractivity (Wildman–Crippen MR) is 134 cm³/mol. The number of aliphatic hydroxyl groups excluding tert-OH is 1. The lowest BCUT2D eigenvalue weighted by Gasteiger charge is -2.15. The van der Waals surface area contributed by atoms with Gasteiger partial charge in [0.25, 0.3) is 5.95 Å². The van der Waals surface area contributed by atoms with Crippen molar-refractivity contribution in [2.75, 3.05) is 13.2 Å². The molecule has 0 saturated heterocycles. The maximum absolute atomic E-state index is 10.1. The van der Waals surface area contributed by atoms with Crippen molar-refractivity contribution in [3.63, 3.8) is 0 Å². The fraction of sp³-hybridized carbons (Fsp3) is 0.417. The number of benzene rings is 1. The fourth-order valence-corrected chi connectivity index (χ4v) is 4.06. The predicted octanol–water partition coefficient (Wildman–Crippen LogP) is 3.93. The van der Waals surface area contributed by atoms with Gasteiger partial charge in [-0.3, -0.25) is 4.57 Å². The first kappa shape index (κ1) is 25.0. The van der Waals surface area contributed by atoms with E-state index in [1.165, 1.54) is 10.9 Å². The van der Waals surface area contributed by atoms with Gasteiger partial charge in [-0.1, -0.05) is 50.0 Å². The molecule has 0 spiro atoms. The summed E-state index contributed by atoms with van der Waals surface area (Å²) in [7, 11) is -1.19. The van der Waals surface area contributed by atoms with Crippen molar-refractivity contribution in [1.82, 2.24) is 29.3 Å². The van der Waals surface area contributed by atoms with Crippen LogP contribution in [-0.2, 0) is 22.8 Å². The van der Waals surface area contributed by atoms with E-state index in [2.05, 4.69) is 39.7 Å². The van der Waals surface area contributed by atoms with Crippen LogP contribution in [0.5, 0.6) is 5.88 Å². The van der Waals surface area contributed by atoms with Crippen LogP contribution >= 0.6 is 0 Å². The third kappa shape index (κ3) is 6.51. The van der Waals surface area contributed by atoms with Crippen LogP contribution in [0.25, 0.3) is 17.1 Å². The molecule has 11 heteroatoms. The van der Waals surface area contributed by atoms with Crippen molar-refractivity contribution in [2.45, 2.75) is 52.2 Å². The van der Waals surface area contributed by atoms with Crippen LogP contribution in [-0.4, -0.2) is 55.7 Å². The van der Waals surface area contributed by atoms with E-state index in [9.17, 15) is 5.11 Å². The molecule has 0 aliphatic carbocycles. The summed E-state index contributed by atoms with van der Waals surface area (Å²) in [5, 5.41) is 14.4. The van der Waals surface area contributed by atoms with Gasteiger partial charge in [0.1, 0.15) is 13.3 Å². The summed E-state index contributed by atoms with van der Waals surface area (Å²) in [4.78, 5) is 13.8. The Labute approximate surface area is 205 Å². The van der Waals surface area contributed by atoms with Gasteiger partial charge in [-0.15, -0.1) is 0 Å². The van der Waals surface area contributed by atoms with Crippen molar-refractivity contribution in [1.29, 1.82) is 0 Å². The Morgan fingerprint density at radius 3 is 2.66 bits per heavy atom. The molecule has 3 heterocycles. The third-order valence-electron chi connectivity index (χ3n) is 5.28. The Morgan fingerprint density at radius 2 is 1.91 bits per heavy atom. The molecule has 35 heavy (non-hydrogen) atoms. The van der Waals surface area contributed by atoms with Crippen LogP contribution in [0.3, 0.4) is 0 Å². The van der Waals surface area contributed by atoms with Crippen molar-refractivity contribution in [3.8, 4) is 11.8 Å². The van der Waals surface area contributed by atoms with E-state index in [0.717, 1.165) is 11.6 Å². The fourth-order valence-electron chi connectivity index (χ4n) is 3.30. The summed E-state index contributed by atoms with van der Waals surface area (Å²) in [6.45, 7) is 10.5. The van der Waals surface area contributed by atoms with Crippen molar-refractivity contribution >= 4 is 19.2 Å². The van der Waals surface area contributed by atoms with Crippen LogP contribution < -0.4 is 4.74 Å². The SMILES string of the molecule is CCOC(O)c1cnn(-c2nc(OCc3ccccc3)c3ncn(COCC[Si](C)(C)C)c3n2)c1. The molecule has 1 atom stereocenters. The Kier molecular flexibility index (Phi) is 7.91. The van der Waals surface area contributed by atoms with Gasteiger partial charge in [-0.2, -0.15) is 15.1 Å². The lowest BCUT2D eigenvalue weighted by atomic mass is 10.2. The highest BCUT2D eigenvalue weighted by Gasteiger charge is 2.18. The van der Waals surface area contributed by atoms with Crippen LogP contribution in [0.4, 0.5) is 0 Å². The summed E-state index contributed by atoms with van der Waals surface area (Å²) in [5.74, 6) is 0.636. The zero-order valence-electron chi connectivity index (χ0n) is 20.6. The zero-order chi connectivity index (χ0) is 24.8. The molecule has 0 saturated carbocycles. The van der Waals surface area contributed by atoms with E-state index in [1.54, 1.807) is 12.5 Å². The van der Waals surface area contributed by atoms with E-state index in [0.29, 0.717) is 55.1 Å². The second kappa shape index (κ2) is 11.1. The smallest absolute Gasteiger partial charge is 0.255 e. The van der Waals surface area contributed by atoms with Crippen LogP contribution in [0.2, 0.25) is 25.7 Å². The lowest BCUT2D eigenvalue weighted by molar-refractivity contribution is -0.0979. The number of hydrogen-bond donors (Lipinski definition) is 1. The Bertz CT molecular complexity index is 1240. The quantitative estimate of drug-likeness (QED) is 0.178. The Hall–Kier alpha value is -3.12. The van der Waals surface area contributed by atoms with Gasteiger partial charge in [-0.05, 0) is 18.5 Å². The van der Waals surface area contributed by atoms with Crippen LogP contribution in [0.15, 0.2) is 49.1 Å². The van der Waals surface area contributed by atoms with E-state index in [4.69, 9.17) is 14.2 Å². The Balaban J connectivity index is 1.63. The van der Waals surface area contributed by atoms with Gasteiger partial charge in [-0.25, -0.2) is 9.67 Å². The molecule has 4 aromatic rings. The highest BCUT2D eigenvalue weighted by molar-refractivity contribution is 6.76. The molecule has 0 radical (unpaired) electrons. The van der Waals surface area contributed by atoms with Crippen LogP contribution in [0.1, 0.15) is 24.3 Å². The molecule has 1 aromatic carbocycles. The maximum atomic E-state index is 10.1. The molecule has 186 valence electrons. The molecule has 0 aliphatic heterocycles. The third-order valence-corrected chi connectivity index (χ3v) is 6.99. The number of hydrogen-bond acceptors (Lipinski definition) is 8. The second-order valence-corrected chi connectivity index (χ2v) is 15.0. The molecule has 1 N–H and O–H groups in total. The topological polar surface area (TPSA) is 109 Å². The van der Waals surface area contributed by atoms with Gasteiger partial charge >= 0.3 is 0 Å². The second-order valence-electron chi connectivity index (χ2n) is 9.36. The number of imidazole rings is 1. The Morgan fingerprint density at radius 1 is 1.11 bits per heavy atom. The lowest BCUT2D eigenvalue weighted by Crippen LogP contribution is -2.22. The molecule has 3 aromatic heterocycles. The van der Waals surface area contributed by atoms with E-state index in [1.807, 2.05) is 41.8 Å². The summed E-state index contributed by atoms with van der Waals surface area (Å²) in [6.07, 6.45) is 3.76. The molecule has 0 fully saturated rings. The standard InChI is InChI=1S/C24H32N6O4Si/c1-5-33-23(31)19-13-26-30(14-19)24-27-21-20(22(28-24)34-15-18-9-7-6-8-10-18)25-16-29(21)17-32-11-12-35(2,3)4/h6-10,13-14,16,23,31H,5,11-12,15,17H2,1-4H3. The van der Waals surface area contributed by atoms with Crippen molar-refractivity contribution < 1.29 is 19.3 Å². The molecule has 4 rings (SSSR count). The monoisotopic (exact) mass is 496 g/mol. The minimum Gasteiger partial charge on any atom is -0.471 e.